The van der Waals surface area contributed by atoms with Gasteiger partial charge in [-0.3, -0.25) is 9.69 Å². The second-order valence-corrected chi connectivity index (χ2v) is 8.05. The van der Waals surface area contributed by atoms with Crippen molar-refractivity contribution in [1.82, 2.24) is 9.80 Å². The number of hydrogen-bond acceptors (Lipinski definition) is 5. The molecule has 6 nitrogen and oxygen atoms in total. The third kappa shape index (κ3) is 4.70. The Morgan fingerprint density at radius 2 is 1.56 bits per heavy atom. The molecule has 5 rings (SSSR count). The quantitative estimate of drug-likeness (QED) is 0.593. The fourth-order valence-corrected chi connectivity index (χ4v) is 4.02. The summed E-state index contributed by atoms with van der Waals surface area (Å²) in [6.45, 7) is 4.77. The first-order valence-electron chi connectivity index (χ1n) is 10.9. The third-order valence-corrected chi connectivity index (χ3v) is 5.85. The van der Waals surface area contributed by atoms with Crippen LogP contribution in [0.1, 0.15) is 21.5 Å². The maximum atomic E-state index is 12.9. The van der Waals surface area contributed by atoms with E-state index in [0.717, 1.165) is 55.5 Å². The largest absolute Gasteiger partial charge is 0.489 e. The number of fused-ring (bicyclic) bond motifs is 1. The molecule has 1 saturated heterocycles. The SMILES string of the molecule is O=C(c1ccc(OCc2ccccc2)cc1)N1CCN(Cc2ccc3c(c2)OCO3)CC1. The van der Waals surface area contributed by atoms with Crippen LogP contribution in [-0.4, -0.2) is 48.7 Å². The first-order chi connectivity index (χ1) is 15.7. The Bertz CT molecular complexity index is 1060. The number of piperazine rings is 1. The first-order valence-corrected chi connectivity index (χ1v) is 10.9. The van der Waals surface area contributed by atoms with E-state index in [1.807, 2.05) is 71.6 Å². The molecule has 0 N–H and O–H groups in total. The number of hydrogen-bond donors (Lipinski definition) is 0. The summed E-state index contributed by atoms with van der Waals surface area (Å²) in [5.41, 5.74) is 3.01. The van der Waals surface area contributed by atoms with Crippen LogP contribution in [0.5, 0.6) is 17.2 Å². The van der Waals surface area contributed by atoms with Crippen molar-refractivity contribution in [2.45, 2.75) is 13.2 Å². The van der Waals surface area contributed by atoms with E-state index < -0.39 is 0 Å². The zero-order valence-electron chi connectivity index (χ0n) is 17.9. The summed E-state index contributed by atoms with van der Waals surface area (Å²) in [6, 6.07) is 23.6. The van der Waals surface area contributed by atoms with Gasteiger partial charge in [0.25, 0.3) is 5.91 Å². The number of carbonyl (C=O) groups excluding carboxylic acids is 1. The van der Waals surface area contributed by atoms with Crippen molar-refractivity contribution in [1.29, 1.82) is 0 Å². The lowest BCUT2D eigenvalue weighted by atomic mass is 10.1. The Kier molecular flexibility index (Phi) is 5.94. The topological polar surface area (TPSA) is 51.2 Å². The van der Waals surface area contributed by atoms with Crippen molar-refractivity contribution in [3.05, 3.63) is 89.5 Å². The molecule has 2 aliphatic rings. The summed E-state index contributed by atoms with van der Waals surface area (Å²) >= 11 is 0. The van der Waals surface area contributed by atoms with Crippen LogP contribution in [0.2, 0.25) is 0 Å². The molecule has 0 bridgehead atoms. The van der Waals surface area contributed by atoms with E-state index in [0.29, 0.717) is 19.0 Å². The lowest BCUT2D eigenvalue weighted by Gasteiger charge is -2.34. The van der Waals surface area contributed by atoms with E-state index in [1.165, 1.54) is 5.56 Å². The molecule has 0 atom stereocenters. The van der Waals surface area contributed by atoms with Crippen LogP contribution in [0.4, 0.5) is 0 Å². The second kappa shape index (κ2) is 9.32. The molecule has 1 amide bonds. The van der Waals surface area contributed by atoms with Gasteiger partial charge < -0.3 is 19.1 Å². The minimum atomic E-state index is 0.0716. The zero-order valence-corrected chi connectivity index (χ0v) is 17.9. The molecule has 0 aromatic heterocycles. The summed E-state index contributed by atoms with van der Waals surface area (Å²) in [6.07, 6.45) is 0. The Balaban J connectivity index is 1.11. The number of rotatable bonds is 6. The van der Waals surface area contributed by atoms with E-state index in [9.17, 15) is 4.79 Å². The minimum Gasteiger partial charge on any atom is -0.489 e. The molecule has 0 unspecified atom stereocenters. The number of benzene rings is 3. The second-order valence-electron chi connectivity index (χ2n) is 8.05. The molecular formula is C26H26N2O4. The van der Waals surface area contributed by atoms with Crippen LogP contribution in [0.15, 0.2) is 72.8 Å². The molecule has 0 aliphatic carbocycles. The van der Waals surface area contributed by atoms with Crippen molar-refractivity contribution in [2.75, 3.05) is 33.0 Å². The van der Waals surface area contributed by atoms with Gasteiger partial charge in [-0.15, -0.1) is 0 Å². The molecule has 1 fully saturated rings. The third-order valence-electron chi connectivity index (χ3n) is 5.85. The normalized spacial score (nSPS) is 15.6. The lowest BCUT2D eigenvalue weighted by Crippen LogP contribution is -2.48. The van der Waals surface area contributed by atoms with Gasteiger partial charge in [-0.1, -0.05) is 36.4 Å². The van der Waals surface area contributed by atoms with Crippen LogP contribution in [0.25, 0.3) is 0 Å². The predicted molar refractivity (Wildman–Crippen MR) is 121 cm³/mol. The van der Waals surface area contributed by atoms with E-state index in [-0.39, 0.29) is 5.91 Å². The summed E-state index contributed by atoms with van der Waals surface area (Å²) in [4.78, 5) is 17.2. The van der Waals surface area contributed by atoms with E-state index >= 15 is 0 Å². The number of carbonyl (C=O) groups is 1. The number of amides is 1. The van der Waals surface area contributed by atoms with Gasteiger partial charge in [0, 0.05) is 38.3 Å². The van der Waals surface area contributed by atoms with Crippen LogP contribution in [0, 0.1) is 0 Å². The van der Waals surface area contributed by atoms with Crippen molar-refractivity contribution in [2.24, 2.45) is 0 Å². The Labute approximate surface area is 187 Å². The molecule has 3 aromatic carbocycles. The van der Waals surface area contributed by atoms with Gasteiger partial charge in [0.1, 0.15) is 12.4 Å². The van der Waals surface area contributed by atoms with Crippen molar-refractivity contribution < 1.29 is 19.0 Å². The summed E-state index contributed by atoms with van der Waals surface area (Å²) in [7, 11) is 0. The molecule has 0 spiro atoms. The molecule has 6 heteroatoms. The summed E-state index contributed by atoms with van der Waals surface area (Å²) in [5.74, 6) is 2.45. The predicted octanol–water partition coefficient (Wildman–Crippen LogP) is 3.95. The minimum absolute atomic E-state index is 0.0716. The van der Waals surface area contributed by atoms with Gasteiger partial charge in [-0.05, 0) is 47.5 Å². The molecule has 0 radical (unpaired) electrons. The van der Waals surface area contributed by atoms with Crippen LogP contribution in [0.3, 0.4) is 0 Å². The van der Waals surface area contributed by atoms with Crippen molar-refractivity contribution >= 4 is 5.91 Å². The standard InChI is InChI=1S/C26H26N2O4/c29-26(22-7-9-23(10-8-22)30-18-20-4-2-1-3-5-20)28-14-12-27(13-15-28)17-21-6-11-24-25(16-21)32-19-31-24/h1-11,16H,12-15,17-19H2. The van der Waals surface area contributed by atoms with Crippen LogP contribution < -0.4 is 14.2 Å². The molecule has 164 valence electrons. The Morgan fingerprint density at radius 3 is 2.34 bits per heavy atom. The van der Waals surface area contributed by atoms with Gasteiger partial charge in [0.2, 0.25) is 6.79 Å². The monoisotopic (exact) mass is 430 g/mol. The van der Waals surface area contributed by atoms with Gasteiger partial charge in [-0.2, -0.15) is 0 Å². The van der Waals surface area contributed by atoms with Crippen LogP contribution in [-0.2, 0) is 13.2 Å². The molecule has 3 aromatic rings. The zero-order chi connectivity index (χ0) is 21.8. The molecular weight excluding hydrogens is 404 g/mol. The Morgan fingerprint density at radius 1 is 0.812 bits per heavy atom. The number of ether oxygens (including phenoxy) is 3. The smallest absolute Gasteiger partial charge is 0.253 e. The lowest BCUT2D eigenvalue weighted by molar-refractivity contribution is 0.0628. The average Bonchev–Trinajstić information content (AvgIpc) is 3.32. The molecule has 0 saturated carbocycles. The van der Waals surface area contributed by atoms with E-state index in [1.54, 1.807) is 0 Å². The van der Waals surface area contributed by atoms with Gasteiger partial charge in [0.15, 0.2) is 11.5 Å². The highest BCUT2D eigenvalue weighted by molar-refractivity contribution is 5.94. The molecule has 2 aliphatic heterocycles. The summed E-state index contributed by atoms with van der Waals surface area (Å²) in [5, 5.41) is 0. The Hall–Kier alpha value is -3.51. The summed E-state index contributed by atoms with van der Waals surface area (Å²) < 4.78 is 16.7. The highest BCUT2D eigenvalue weighted by Gasteiger charge is 2.23. The van der Waals surface area contributed by atoms with Gasteiger partial charge in [-0.25, -0.2) is 0 Å². The van der Waals surface area contributed by atoms with Crippen molar-refractivity contribution in [3.63, 3.8) is 0 Å². The number of nitrogens with zero attached hydrogens (tertiary/aromatic N) is 2. The first kappa shape index (κ1) is 20.4. The van der Waals surface area contributed by atoms with Gasteiger partial charge in [0.05, 0.1) is 0 Å². The highest BCUT2D eigenvalue weighted by atomic mass is 16.7. The highest BCUT2D eigenvalue weighted by Crippen LogP contribution is 2.32. The average molecular weight is 431 g/mol. The van der Waals surface area contributed by atoms with Crippen LogP contribution >= 0.6 is 0 Å². The molecule has 32 heavy (non-hydrogen) atoms. The molecule has 2 heterocycles. The van der Waals surface area contributed by atoms with Gasteiger partial charge >= 0.3 is 0 Å². The fraction of sp³-hybridized carbons (Fsp3) is 0.269. The van der Waals surface area contributed by atoms with Crippen molar-refractivity contribution in [3.8, 4) is 17.2 Å². The fourth-order valence-electron chi connectivity index (χ4n) is 4.02. The maximum absolute atomic E-state index is 12.9. The van der Waals surface area contributed by atoms with E-state index in [4.69, 9.17) is 14.2 Å². The maximum Gasteiger partial charge on any atom is 0.253 e. The van der Waals surface area contributed by atoms with E-state index in [2.05, 4.69) is 11.0 Å².